The van der Waals surface area contributed by atoms with Crippen molar-refractivity contribution < 1.29 is 14.7 Å². The number of aliphatic carboxylic acids is 1. The lowest BCUT2D eigenvalue weighted by Crippen LogP contribution is -2.17. The minimum absolute atomic E-state index is 0.201. The van der Waals surface area contributed by atoms with Crippen molar-refractivity contribution in [2.24, 2.45) is 5.73 Å². The zero-order valence-corrected chi connectivity index (χ0v) is 12.0. The first kappa shape index (κ1) is 13.7. The monoisotopic (exact) mass is 306 g/mol. The number of amides is 1. The van der Waals surface area contributed by atoms with Gasteiger partial charge in [-0.3, -0.25) is 9.59 Å². The molecule has 0 radical (unpaired) electrons. The van der Waals surface area contributed by atoms with Gasteiger partial charge in [0.2, 0.25) is 0 Å². The van der Waals surface area contributed by atoms with Crippen LogP contribution in [-0.2, 0) is 24.1 Å². The first-order chi connectivity index (χ1) is 10.1. The summed E-state index contributed by atoms with van der Waals surface area (Å²) in [5.74, 6) is -1.47. The number of rotatable bonds is 4. The number of hydrogen-bond donors (Lipinski definition) is 2. The van der Waals surface area contributed by atoms with Gasteiger partial charge in [0, 0.05) is 4.88 Å². The highest BCUT2D eigenvalue weighted by molar-refractivity contribution is 7.15. The standard InChI is InChI=1S/C13H14N4O3S/c14-12(20)11-8-3-1-2-4-9(8)21-13(11)17-7(5-10(18)19)6-15-16-17/h6H,1-5H2,(H2,14,20)(H,18,19). The minimum Gasteiger partial charge on any atom is -0.481 e. The molecule has 0 aliphatic heterocycles. The molecule has 1 aliphatic rings. The number of primary amides is 1. The predicted molar refractivity (Wildman–Crippen MR) is 75.7 cm³/mol. The van der Waals surface area contributed by atoms with Crippen LogP contribution in [-0.4, -0.2) is 32.0 Å². The molecule has 0 saturated carbocycles. The van der Waals surface area contributed by atoms with Gasteiger partial charge in [-0.15, -0.1) is 16.4 Å². The molecule has 0 spiro atoms. The van der Waals surface area contributed by atoms with Crippen LogP contribution in [0.15, 0.2) is 6.20 Å². The molecular formula is C13H14N4O3S. The van der Waals surface area contributed by atoms with Crippen LogP contribution in [0.5, 0.6) is 0 Å². The molecule has 21 heavy (non-hydrogen) atoms. The average Bonchev–Trinajstić information content (AvgIpc) is 3.00. The smallest absolute Gasteiger partial charge is 0.309 e. The maximum absolute atomic E-state index is 11.8. The number of thiophene rings is 1. The highest BCUT2D eigenvalue weighted by Crippen LogP contribution is 2.36. The van der Waals surface area contributed by atoms with Gasteiger partial charge in [0.05, 0.1) is 23.9 Å². The molecule has 7 nitrogen and oxygen atoms in total. The van der Waals surface area contributed by atoms with Gasteiger partial charge in [0.25, 0.3) is 5.91 Å². The molecule has 0 atom stereocenters. The second kappa shape index (κ2) is 5.28. The summed E-state index contributed by atoms with van der Waals surface area (Å²) < 4.78 is 1.43. The van der Waals surface area contributed by atoms with E-state index >= 15 is 0 Å². The summed E-state index contributed by atoms with van der Waals surface area (Å²) in [7, 11) is 0. The first-order valence-electron chi connectivity index (χ1n) is 6.64. The van der Waals surface area contributed by atoms with Gasteiger partial charge >= 0.3 is 5.97 Å². The van der Waals surface area contributed by atoms with Gasteiger partial charge < -0.3 is 10.8 Å². The van der Waals surface area contributed by atoms with Crippen LogP contribution in [0.4, 0.5) is 0 Å². The zero-order chi connectivity index (χ0) is 15.0. The van der Waals surface area contributed by atoms with Crippen molar-refractivity contribution in [1.82, 2.24) is 15.0 Å². The third kappa shape index (κ3) is 2.42. The molecule has 0 unspecified atom stereocenters. The van der Waals surface area contributed by atoms with Crippen LogP contribution in [0.25, 0.3) is 5.00 Å². The van der Waals surface area contributed by atoms with Crippen LogP contribution < -0.4 is 5.73 Å². The van der Waals surface area contributed by atoms with E-state index in [1.165, 1.54) is 22.2 Å². The predicted octanol–water partition coefficient (Wildman–Crippen LogP) is 0.934. The molecule has 2 aromatic heterocycles. The Morgan fingerprint density at radius 1 is 1.38 bits per heavy atom. The molecule has 3 rings (SSSR count). The molecule has 110 valence electrons. The number of carboxylic acids is 1. The normalized spacial score (nSPS) is 13.9. The van der Waals surface area contributed by atoms with Crippen LogP contribution in [0.2, 0.25) is 0 Å². The SMILES string of the molecule is NC(=O)c1c(-n2nncc2CC(=O)O)sc2c1CCCC2. The Bertz CT molecular complexity index is 719. The number of carboxylic acid groups (broad SMARTS) is 1. The van der Waals surface area contributed by atoms with Crippen molar-refractivity contribution in [3.8, 4) is 5.00 Å². The summed E-state index contributed by atoms with van der Waals surface area (Å²) in [6, 6.07) is 0. The van der Waals surface area contributed by atoms with E-state index in [0.717, 1.165) is 36.1 Å². The first-order valence-corrected chi connectivity index (χ1v) is 7.45. The highest BCUT2D eigenvalue weighted by Gasteiger charge is 2.26. The van der Waals surface area contributed by atoms with E-state index in [-0.39, 0.29) is 6.42 Å². The van der Waals surface area contributed by atoms with Gasteiger partial charge in [-0.1, -0.05) is 5.21 Å². The second-order valence-corrected chi connectivity index (χ2v) is 6.05. The number of hydrogen-bond acceptors (Lipinski definition) is 5. The Kier molecular flexibility index (Phi) is 3.46. The highest BCUT2D eigenvalue weighted by atomic mass is 32.1. The van der Waals surface area contributed by atoms with Crippen molar-refractivity contribution in [3.05, 3.63) is 27.9 Å². The number of nitrogens with two attached hydrogens (primary N) is 1. The lowest BCUT2D eigenvalue weighted by molar-refractivity contribution is -0.136. The molecular weight excluding hydrogens is 292 g/mol. The van der Waals surface area contributed by atoms with Gasteiger partial charge in [0.15, 0.2) is 0 Å². The number of carbonyl (C=O) groups excluding carboxylic acids is 1. The fourth-order valence-electron chi connectivity index (χ4n) is 2.66. The molecule has 0 aromatic carbocycles. The van der Waals surface area contributed by atoms with Gasteiger partial charge in [-0.25, -0.2) is 4.68 Å². The topological polar surface area (TPSA) is 111 Å². The van der Waals surface area contributed by atoms with Crippen molar-refractivity contribution in [2.45, 2.75) is 32.1 Å². The fourth-order valence-corrected chi connectivity index (χ4v) is 4.03. The van der Waals surface area contributed by atoms with Gasteiger partial charge in [0.1, 0.15) is 5.00 Å². The van der Waals surface area contributed by atoms with Gasteiger partial charge in [-0.2, -0.15) is 0 Å². The van der Waals surface area contributed by atoms with E-state index in [4.69, 9.17) is 10.8 Å². The lowest BCUT2D eigenvalue weighted by Gasteiger charge is -2.11. The Morgan fingerprint density at radius 2 is 2.14 bits per heavy atom. The summed E-state index contributed by atoms with van der Waals surface area (Å²) in [5, 5.41) is 17.2. The summed E-state index contributed by atoms with van der Waals surface area (Å²) in [4.78, 5) is 23.9. The van der Waals surface area contributed by atoms with E-state index in [0.29, 0.717) is 16.3 Å². The molecule has 0 saturated heterocycles. The molecule has 1 aliphatic carbocycles. The van der Waals surface area contributed by atoms with Crippen molar-refractivity contribution in [3.63, 3.8) is 0 Å². The molecule has 2 aromatic rings. The fraction of sp³-hybridized carbons (Fsp3) is 0.385. The molecule has 3 N–H and O–H groups in total. The number of aromatic nitrogens is 3. The van der Waals surface area contributed by atoms with Crippen LogP contribution in [0, 0.1) is 0 Å². The van der Waals surface area contributed by atoms with Crippen molar-refractivity contribution in [1.29, 1.82) is 0 Å². The van der Waals surface area contributed by atoms with E-state index < -0.39 is 11.9 Å². The zero-order valence-electron chi connectivity index (χ0n) is 11.2. The number of nitrogens with zero attached hydrogens (tertiary/aromatic N) is 3. The Balaban J connectivity index is 2.14. The van der Waals surface area contributed by atoms with Crippen LogP contribution >= 0.6 is 11.3 Å². The number of carbonyl (C=O) groups is 2. The number of aryl methyl sites for hydroxylation is 1. The van der Waals surface area contributed by atoms with Crippen LogP contribution in [0.1, 0.15) is 39.3 Å². The molecule has 1 amide bonds. The largest absolute Gasteiger partial charge is 0.481 e. The summed E-state index contributed by atoms with van der Waals surface area (Å²) >= 11 is 1.46. The number of fused-ring (bicyclic) bond motifs is 1. The lowest BCUT2D eigenvalue weighted by atomic mass is 9.95. The minimum atomic E-state index is -0.972. The van der Waals surface area contributed by atoms with Gasteiger partial charge in [-0.05, 0) is 31.2 Å². The van der Waals surface area contributed by atoms with E-state index in [9.17, 15) is 9.59 Å². The third-order valence-corrected chi connectivity index (χ3v) is 4.81. The Hall–Kier alpha value is -2.22. The maximum Gasteiger partial charge on any atom is 0.309 e. The van der Waals surface area contributed by atoms with Crippen molar-refractivity contribution in [2.75, 3.05) is 0 Å². The maximum atomic E-state index is 11.8. The van der Waals surface area contributed by atoms with E-state index in [1.54, 1.807) is 0 Å². The molecule has 0 fully saturated rings. The quantitative estimate of drug-likeness (QED) is 0.873. The van der Waals surface area contributed by atoms with Crippen molar-refractivity contribution >= 4 is 23.2 Å². The van der Waals surface area contributed by atoms with Crippen LogP contribution in [0.3, 0.4) is 0 Å². The van der Waals surface area contributed by atoms with E-state index in [2.05, 4.69) is 10.3 Å². The Morgan fingerprint density at radius 3 is 2.86 bits per heavy atom. The molecule has 2 heterocycles. The average molecular weight is 306 g/mol. The Labute approximate surface area is 124 Å². The summed E-state index contributed by atoms with van der Waals surface area (Å²) in [5.41, 5.74) is 7.42. The molecule has 8 heteroatoms. The third-order valence-electron chi connectivity index (χ3n) is 3.54. The van der Waals surface area contributed by atoms with E-state index in [1.807, 2.05) is 0 Å². The summed E-state index contributed by atoms with van der Waals surface area (Å²) in [6.45, 7) is 0. The molecule has 0 bridgehead atoms. The second-order valence-electron chi connectivity index (χ2n) is 4.96. The summed E-state index contributed by atoms with van der Waals surface area (Å²) in [6.07, 6.45) is 5.06.